The molecule has 1 heterocycles. The Hall–Kier alpha value is -3.43. The van der Waals surface area contributed by atoms with Crippen LogP contribution in [0.4, 0.5) is 0 Å². The Kier molecular flexibility index (Phi) is 9.63. The monoisotopic (exact) mass is 491 g/mol. The molecule has 2 aromatic rings. The Morgan fingerprint density at radius 2 is 1.89 bits per heavy atom. The molecule has 0 bridgehead atoms. The molecule has 0 saturated heterocycles. The van der Waals surface area contributed by atoms with Crippen LogP contribution >= 0.6 is 11.6 Å². The fraction of sp³-hybridized carbons (Fsp3) is 0.357. The van der Waals surface area contributed by atoms with Gasteiger partial charge in [-0.2, -0.15) is 5.26 Å². The maximum Gasteiger partial charge on any atom is 0.315 e. The normalized spacial score (nSPS) is 17.4. The minimum absolute atomic E-state index is 0.00692. The van der Waals surface area contributed by atoms with Gasteiger partial charge in [-0.3, -0.25) is 14.6 Å². The summed E-state index contributed by atoms with van der Waals surface area (Å²) >= 11 is 6.26. The van der Waals surface area contributed by atoms with E-state index in [0.717, 1.165) is 24.8 Å². The number of rotatable bonds is 10. The minimum Gasteiger partial charge on any atom is -0.464 e. The number of hydrogen-bond donors (Lipinski definition) is 1. The van der Waals surface area contributed by atoms with Crippen LogP contribution in [0.2, 0.25) is 5.02 Å². The molecule has 1 N–H and O–H groups in total. The van der Waals surface area contributed by atoms with Crippen molar-refractivity contribution in [2.75, 3.05) is 13.2 Å². The molecule has 1 aliphatic heterocycles. The van der Waals surface area contributed by atoms with Gasteiger partial charge in [-0.1, -0.05) is 54.1 Å². The highest BCUT2D eigenvalue weighted by atomic mass is 35.5. The SMILES string of the molecule is CC1=NC(C)=C(C(=O)NCCCCc2ccccc2)C(c2cccc(Cl)c2)C1C(=O)OCCC#N. The summed E-state index contributed by atoms with van der Waals surface area (Å²) in [5, 5.41) is 12.3. The number of hydrogen-bond acceptors (Lipinski definition) is 5. The highest BCUT2D eigenvalue weighted by Crippen LogP contribution is 2.40. The Bertz CT molecular complexity index is 1150. The highest BCUT2D eigenvalue weighted by molar-refractivity contribution is 6.30. The summed E-state index contributed by atoms with van der Waals surface area (Å²) in [5.74, 6) is -2.13. The van der Waals surface area contributed by atoms with E-state index < -0.39 is 17.8 Å². The van der Waals surface area contributed by atoms with E-state index >= 15 is 0 Å². The number of carbonyl (C=O) groups excluding carboxylic acids is 2. The molecule has 0 radical (unpaired) electrons. The number of ether oxygens (including phenoxy) is 1. The molecule has 2 unspecified atom stereocenters. The number of aryl methyl sites for hydroxylation is 1. The third-order valence-corrected chi connectivity index (χ3v) is 6.25. The number of nitriles is 1. The minimum atomic E-state index is -0.783. The van der Waals surface area contributed by atoms with Gasteiger partial charge in [0.2, 0.25) is 5.91 Å². The van der Waals surface area contributed by atoms with Crippen LogP contribution in [0.3, 0.4) is 0 Å². The van der Waals surface area contributed by atoms with Gasteiger partial charge >= 0.3 is 5.97 Å². The number of esters is 1. The van der Waals surface area contributed by atoms with E-state index in [1.165, 1.54) is 5.56 Å². The average molecular weight is 492 g/mol. The van der Waals surface area contributed by atoms with E-state index in [4.69, 9.17) is 21.6 Å². The van der Waals surface area contributed by atoms with Crippen LogP contribution in [0.25, 0.3) is 0 Å². The van der Waals surface area contributed by atoms with Crippen LogP contribution in [0.5, 0.6) is 0 Å². The van der Waals surface area contributed by atoms with Crippen LogP contribution in [-0.2, 0) is 20.7 Å². The Morgan fingerprint density at radius 3 is 2.60 bits per heavy atom. The number of halogens is 1. The van der Waals surface area contributed by atoms with E-state index in [9.17, 15) is 9.59 Å². The summed E-state index contributed by atoms with van der Waals surface area (Å²) in [7, 11) is 0. The number of amides is 1. The second kappa shape index (κ2) is 12.9. The molecule has 7 heteroatoms. The second-order valence-electron chi connectivity index (χ2n) is 8.54. The Morgan fingerprint density at radius 1 is 1.11 bits per heavy atom. The van der Waals surface area contributed by atoms with Crippen molar-refractivity contribution in [3.05, 3.63) is 82.0 Å². The van der Waals surface area contributed by atoms with Crippen molar-refractivity contribution in [3.63, 3.8) is 0 Å². The number of carbonyl (C=O) groups is 2. The number of unbranched alkanes of at least 4 members (excludes halogenated alkanes) is 1. The molecule has 0 aromatic heterocycles. The number of benzene rings is 2. The first-order valence-corrected chi connectivity index (χ1v) is 12.2. The lowest BCUT2D eigenvalue weighted by Crippen LogP contribution is -2.39. The van der Waals surface area contributed by atoms with Crippen molar-refractivity contribution in [3.8, 4) is 6.07 Å². The average Bonchev–Trinajstić information content (AvgIpc) is 2.84. The third kappa shape index (κ3) is 7.03. The fourth-order valence-corrected chi connectivity index (χ4v) is 4.58. The summed E-state index contributed by atoms with van der Waals surface area (Å²) < 4.78 is 5.36. The first-order chi connectivity index (χ1) is 16.9. The Balaban J connectivity index is 1.78. The van der Waals surface area contributed by atoms with Gasteiger partial charge in [-0.25, -0.2) is 0 Å². The van der Waals surface area contributed by atoms with Crippen LogP contribution < -0.4 is 5.32 Å². The summed E-state index contributed by atoms with van der Waals surface area (Å²) in [5.41, 5.74) is 3.57. The zero-order valence-electron chi connectivity index (χ0n) is 20.1. The maximum atomic E-state index is 13.4. The van der Waals surface area contributed by atoms with Gasteiger partial charge in [0.1, 0.15) is 12.5 Å². The topological polar surface area (TPSA) is 91.6 Å². The number of allylic oxidation sites excluding steroid dienone is 1. The molecular formula is C28H30ClN3O3. The van der Waals surface area contributed by atoms with Crippen molar-refractivity contribution in [2.24, 2.45) is 10.9 Å². The van der Waals surface area contributed by atoms with Gasteiger partial charge in [-0.05, 0) is 56.4 Å². The van der Waals surface area contributed by atoms with Crippen molar-refractivity contribution >= 4 is 29.2 Å². The van der Waals surface area contributed by atoms with Crippen molar-refractivity contribution in [1.29, 1.82) is 5.26 Å². The molecule has 2 atom stereocenters. The molecule has 0 aliphatic carbocycles. The van der Waals surface area contributed by atoms with E-state index in [-0.39, 0.29) is 18.9 Å². The van der Waals surface area contributed by atoms with E-state index in [2.05, 4.69) is 22.4 Å². The predicted molar refractivity (Wildman–Crippen MR) is 137 cm³/mol. The van der Waals surface area contributed by atoms with Crippen molar-refractivity contribution in [2.45, 2.75) is 45.4 Å². The Labute approximate surface area is 211 Å². The number of nitrogens with one attached hydrogen (secondary N) is 1. The molecule has 1 aliphatic rings. The van der Waals surface area contributed by atoms with E-state index in [0.29, 0.717) is 28.5 Å². The van der Waals surface area contributed by atoms with Gasteiger partial charge in [0.25, 0.3) is 0 Å². The number of nitrogens with zero attached hydrogens (tertiary/aromatic N) is 2. The molecule has 35 heavy (non-hydrogen) atoms. The van der Waals surface area contributed by atoms with Gasteiger partial charge in [0.15, 0.2) is 0 Å². The summed E-state index contributed by atoms with van der Waals surface area (Å²) in [6, 6.07) is 19.4. The smallest absolute Gasteiger partial charge is 0.315 e. The van der Waals surface area contributed by atoms with Gasteiger partial charge in [0, 0.05) is 34.5 Å². The largest absolute Gasteiger partial charge is 0.464 e. The first-order valence-electron chi connectivity index (χ1n) is 11.8. The van der Waals surface area contributed by atoms with Crippen molar-refractivity contribution < 1.29 is 14.3 Å². The standard InChI is InChI=1S/C28H30ClN3O3/c1-19-24(27(33)31-16-7-6-12-21-10-4-3-5-11-21)26(22-13-8-14-23(29)18-22)25(20(2)32-19)28(34)35-17-9-15-30/h3-5,8,10-11,13-14,18,25-26H,6-7,9,12,16-17H2,1-2H3,(H,31,33). The molecule has 0 fully saturated rings. The second-order valence-corrected chi connectivity index (χ2v) is 8.97. The molecule has 6 nitrogen and oxygen atoms in total. The first kappa shape index (κ1) is 26.2. The predicted octanol–water partition coefficient (Wildman–Crippen LogP) is 5.38. The van der Waals surface area contributed by atoms with Crippen LogP contribution in [0, 0.1) is 17.2 Å². The molecule has 0 saturated carbocycles. The third-order valence-electron chi connectivity index (χ3n) is 6.01. The van der Waals surface area contributed by atoms with E-state index in [1.807, 2.05) is 30.3 Å². The summed E-state index contributed by atoms with van der Waals surface area (Å²) in [6.07, 6.45) is 2.83. The number of aliphatic imine (C=N–C) groups is 1. The highest BCUT2D eigenvalue weighted by Gasteiger charge is 2.41. The molecule has 1 amide bonds. The molecular weight excluding hydrogens is 462 g/mol. The zero-order chi connectivity index (χ0) is 25.2. The maximum absolute atomic E-state index is 13.4. The van der Waals surface area contributed by atoms with E-state index in [1.54, 1.807) is 32.0 Å². The van der Waals surface area contributed by atoms with Crippen LogP contribution in [-0.4, -0.2) is 30.7 Å². The lowest BCUT2D eigenvalue weighted by Gasteiger charge is -2.32. The summed E-state index contributed by atoms with van der Waals surface area (Å²) in [6.45, 7) is 4.05. The zero-order valence-corrected chi connectivity index (χ0v) is 20.8. The molecule has 2 aromatic carbocycles. The lowest BCUT2D eigenvalue weighted by atomic mass is 9.75. The van der Waals surface area contributed by atoms with Gasteiger partial charge < -0.3 is 10.1 Å². The van der Waals surface area contributed by atoms with Crippen LogP contribution in [0.15, 0.2) is 70.9 Å². The molecule has 182 valence electrons. The quantitative estimate of drug-likeness (QED) is 0.356. The fourth-order valence-electron chi connectivity index (χ4n) is 4.38. The molecule has 0 spiro atoms. The van der Waals surface area contributed by atoms with Gasteiger partial charge in [0.05, 0.1) is 12.5 Å². The van der Waals surface area contributed by atoms with Crippen molar-refractivity contribution in [1.82, 2.24) is 5.32 Å². The van der Waals surface area contributed by atoms with Gasteiger partial charge in [-0.15, -0.1) is 0 Å². The molecule has 3 rings (SSSR count). The summed E-state index contributed by atoms with van der Waals surface area (Å²) in [4.78, 5) is 31.0. The lowest BCUT2D eigenvalue weighted by molar-refractivity contribution is -0.146. The van der Waals surface area contributed by atoms with Crippen LogP contribution in [0.1, 0.15) is 50.2 Å².